The van der Waals surface area contributed by atoms with Crippen LogP contribution in [0.4, 0.5) is 0 Å². The zero-order valence-electron chi connectivity index (χ0n) is 24.5. The molecule has 0 saturated carbocycles. The molecule has 0 bridgehead atoms. The molecule has 0 heterocycles. The molecule has 0 amide bonds. The van der Waals surface area contributed by atoms with Gasteiger partial charge in [0.1, 0.15) is 0 Å². The molecule has 4 aromatic rings. The summed E-state index contributed by atoms with van der Waals surface area (Å²) in [7, 11) is -0.699. The van der Waals surface area contributed by atoms with E-state index in [0.717, 1.165) is 0 Å². The third kappa shape index (κ3) is 7.18. The van der Waals surface area contributed by atoms with Gasteiger partial charge in [-0.2, -0.15) is 11.1 Å². The van der Waals surface area contributed by atoms with E-state index in [-0.39, 0.29) is 36.6 Å². The average molecular weight is 556 g/mol. The topological polar surface area (TPSA) is 0 Å². The Hall–Kier alpha value is -1.84. The van der Waals surface area contributed by atoms with Crippen molar-refractivity contribution in [2.75, 3.05) is 0 Å². The Balaban J connectivity index is 0.00000228. The van der Waals surface area contributed by atoms with E-state index < -0.39 is 8.07 Å². The predicted molar refractivity (Wildman–Crippen MR) is 167 cm³/mol. The summed E-state index contributed by atoms with van der Waals surface area (Å²) in [6.07, 6.45) is 0. The van der Waals surface area contributed by atoms with E-state index in [1.807, 2.05) is 0 Å². The normalized spacial score (nSPS) is 11.7. The standard InChI is InChI=1S/C32H37Si2.2CH3.Ti/c1-21-14-16-27(17-15-21)32(33-28-18-22(2)19-29(20-28)34(6,7)8)31-25(5)23(3)24(4)30(31)26-12-10-9-11-13-26;;;/h9-20,32H,1-8H3;2*1H3;/q3*-1;+3. The van der Waals surface area contributed by atoms with Crippen molar-refractivity contribution in [1.82, 2.24) is 0 Å². The second kappa shape index (κ2) is 13.3. The first kappa shape index (κ1) is 33.2. The third-order valence-corrected chi connectivity index (χ3v) is 10.7. The quantitative estimate of drug-likeness (QED) is 0.166. The second-order valence-corrected chi connectivity index (χ2v) is 17.4. The number of benzene rings is 3. The van der Waals surface area contributed by atoms with Gasteiger partial charge in [-0.25, -0.2) is 0 Å². The van der Waals surface area contributed by atoms with Crippen molar-refractivity contribution >= 4 is 28.0 Å². The Morgan fingerprint density at radius 1 is 0.703 bits per heavy atom. The molecule has 0 saturated heterocycles. The first-order valence-electron chi connectivity index (χ1n) is 12.3. The minimum absolute atomic E-state index is 0. The van der Waals surface area contributed by atoms with Gasteiger partial charge in [0.2, 0.25) is 0 Å². The van der Waals surface area contributed by atoms with E-state index in [4.69, 9.17) is 0 Å². The van der Waals surface area contributed by atoms with Crippen LogP contribution in [-0.4, -0.2) is 17.6 Å². The third-order valence-electron chi connectivity index (χ3n) is 7.19. The Kier molecular flexibility index (Phi) is 11.9. The van der Waals surface area contributed by atoms with Crippen LogP contribution in [0.25, 0.3) is 11.1 Å². The minimum Gasteiger partial charge on any atom is -0.358 e. The fourth-order valence-corrected chi connectivity index (χ4v) is 8.09. The van der Waals surface area contributed by atoms with Crippen LogP contribution >= 0.6 is 0 Å². The van der Waals surface area contributed by atoms with Crippen molar-refractivity contribution in [3.63, 3.8) is 0 Å². The molecule has 1 atom stereocenters. The van der Waals surface area contributed by atoms with Crippen LogP contribution < -0.4 is 10.4 Å². The summed E-state index contributed by atoms with van der Waals surface area (Å²) in [5.41, 5.74) is 13.1. The first-order valence-corrected chi connectivity index (χ1v) is 16.9. The van der Waals surface area contributed by atoms with Crippen LogP contribution in [0, 0.1) is 49.5 Å². The van der Waals surface area contributed by atoms with E-state index in [1.165, 1.54) is 55.3 Å². The summed E-state index contributed by atoms with van der Waals surface area (Å²) in [5.74, 6) is 0. The molecule has 191 valence electrons. The molecule has 37 heavy (non-hydrogen) atoms. The largest absolute Gasteiger partial charge is 3.00 e. The molecule has 4 aromatic carbocycles. The Bertz CT molecular complexity index is 1290. The summed E-state index contributed by atoms with van der Waals surface area (Å²) < 4.78 is 0. The molecule has 3 heteroatoms. The minimum atomic E-state index is -1.39. The summed E-state index contributed by atoms with van der Waals surface area (Å²) in [6, 6.07) is 27.6. The fourth-order valence-electron chi connectivity index (χ4n) is 4.95. The van der Waals surface area contributed by atoms with Crippen molar-refractivity contribution < 1.29 is 21.7 Å². The predicted octanol–water partition coefficient (Wildman–Crippen LogP) is 8.18. The fraction of sp³-hybridized carbons (Fsp3) is 0.265. The zero-order chi connectivity index (χ0) is 24.6. The Morgan fingerprint density at radius 2 is 1.30 bits per heavy atom. The van der Waals surface area contributed by atoms with E-state index in [9.17, 15) is 0 Å². The van der Waals surface area contributed by atoms with Crippen LogP contribution in [0.3, 0.4) is 0 Å². The maximum atomic E-state index is 2.51. The Labute approximate surface area is 246 Å². The van der Waals surface area contributed by atoms with Gasteiger partial charge in [0.15, 0.2) is 0 Å². The van der Waals surface area contributed by atoms with E-state index >= 15 is 0 Å². The monoisotopic (exact) mass is 555 g/mol. The van der Waals surface area contributed by atoms with Gasteiger partial charge in [-0.3, -0.25) is 0 Å². The van der Waals surface area contributed by atoms with Crippen LogP contribution in [0.2, 0.25) is 19.6 Å². The van der Waals surface area contributed by atoms with Crippen molar-refractivity contribution in [3.05, 3.63) is 127 Å². The van der Waals surface area contributed by atoms with Crippen LogP contribution in [0.15, 0.2) is 72.8 Å². The molecule has 0 aliphatic rings. The number of aryl methyl sites for hydroxylation is 2. The molecule has 4 rings (SSSR count). The van der Waals surface area contributed by atoms with Gasteiger partial charge in [-0.05, 0) is 19.4 Å². The molecular weight excluding hydrogens is 512 g/mol. The van der Waals surface area contributed by atoms with Crippen LogP contribution in [0.5, 0.6) is 0 Å². The molecule has 0 spiro atoms. The maximum absolute atomic E-state index is 2.51. The number of rotatable bonds is 6. The smallest absolute Gasteiger partial charge is 0.358 e. The zero-order valence-corrected chi connectivity index (χ0v) is 28.1. The molecule has 0 aliphatic carbocycles. The molecular formula is C34H43Si2Ti. The number of hydrogen-bond acceptors (Lipinski definition) is 0. The van der Waals surface area contributed by atoms with Crippen molar-refractivity contribution in [2.45, 2.75) is 59.8 Å². The molecule has 0 fully saturated rings. The molecule has 1 unspecified atom stereocenters. The van der Waals surface area contributed by atoms with E-state index in [2.05, 4.69) is 127 Å². The van der Waals surface area contributed by atoms with Crippen LogP contribution in [0.1, 0.15) is 44.5 Å². The maximum Gasteiger partial charge on any atom is 3.00 e. The van der Waals surface area contributed by atoms with Crippen molar-refractivity contribution in [2.24, 2.45) is 0 Å². The summed E-state index contributed by atoms with van der Waals surface area (Å²) >= 11 is 0. The van der Waals surface area contributed by atoms with Gasteiger partial charge in [-0.1, -0.05) is 146 Å². The molecule has 0 N–H and O–H groups in total. The van der Waals surface area contributed by atoms with E-state index in [0.29, 0.717) is 15.1 Å². The molecule has 0 aromatic heterocycles. The van der Waals surface area contributed by atoms with Gasteiger partial charge in [0.05, 0.1) is 17.6 Å². The van der Waals surface area contributed by atoms with Gasteiger partial charge < -0.3 is 14.9 Å². The molecule has 3 radical (unpaired) electrons. The van der Waals surface area contributed by atoms with Gasteiger partial charge in [-0.15, -0.1) is 16.7 Å². The Morgan fingerprint density at radius 3 is 1.86 bits per heavy atom. The summed E-state index contributed by atoms with van der Waals surface area (Å²) in [6.45, 7) is 18.7. The van der Waals surface area contributed by atoms with E-state index in [1.54, 1.807) is 5.19 Å². The summed E-state index contributed by atoms with van der Waals surface area (Å²) in [5, 5.41) is 3.05. The van der Waals surface area contributed by atoms with Gasteiger partial charge in [0.25, 0.3) is 0 Å². The SMILES string of the molecule is Cc1ccc(C([Si]c2cc(C)cc([Si](C)(C)C)c2)[c-]2c(C)c(C)c(C)c2-c2ccccc2)cc1.[CH3-].[CH3-].[Ti+3]. The van der Waals surface area contributed by atoms with Crippen molar-refractivity contribution in [3.8, 4) is 11.1 Å². The second-order valence-electron chi connectivity index (χ2n) is 10.9. The van der Waals surface area contributed by atoms with Gasteiger partial charge in [0, 0.05) is 0 Å². The molecule has 0 nitrogen and oxygen atoms in total. The molecule has 0 aliphatic heterocycles. The van der Waals surface area contributed by atoms with Crippen LogP contribution in [-0.2, 0) is 21.7 Å². The van der Waals surface area contributed by atoms with Gasteiger partial charge >= 0.3 is 21.7 Å². The van der Waals surface area contributed by atoms with Crippen molar-refractivity contribution in [1.29, 1.82) is 0 Å². The number of hydrogen-bond donors (Lipinski definition) is 0. The first-order chi connectivity index (χ1) is 16.1. The summed E-state index contributed by atoms with van der Waals surface area (Å²) in [4.78, 5) is 0. The average Bonchev–Trinajstić information content (AvgIpc) is 3.01.